The highest BCUT2D eigenvalue weighted by Crippen LogP contribution is 2.21. The summed E-state index contributed by atoms with van der Waals surface area (Å²) in [5.74, 6) is 1.33. The molecule has 0 saturated carbocycles. The molecule has 0 radical (unpaired) electrons. The summed E-state index contributed by atoms with van der Waals surface area (Å²) in [5.41, 5.74) is 0.0947. The minimum atomic E-state index is -0.504. The first-order valence-corrected chi connectivity index (χ1v) is 8.05. The van der Waals surface area contributed by atoms with Crippen molar-refractivity contribution >= 4 is 0 Å². The highest BCUT2D eigenvalue weighted by molar-refractivity contribution is 5.40. The second kappa shape index (κ2) is 6.60. The number of hydrogen-bond acceptors (Lipinski definition) is 3. The van der Waals surface area contributed by atoms with Crippen molar-refractivity contribution in [3.63, 3.8) is 0 Å². The van der Waals surface area contributed by atoms with E-state index in [9.17, 15) is 9.59 Å². The Morgan fingerprint density at radius 3 is 1.88 bits per heavy atom. The van der Waals surface area contributed by atoms with E-state index in [4.69, 9.17) is 4.74 Å². The molecule has 0 amide bonds. The Labute approximate surface area is 148 Å². The molecule has 3 aromatic carbocycles. The van der Waals surface area contributed by atoms with E-state index in [1.807, 2.05) is 36.4 Å². The topological polar surface area (TPSA) is 69.0 Å². The van der Waals surface area contributed by atoms with Crippen molar-refractivity contribution in [2.45, 2.75) is 0 Å². The van der Waals surface area contributed by atoms with Crippen LogP contribution in [0.15, 0.2) is 94.5 Å². The van der Waals surface area contributed by atoms with Gasteiger partial charge in [0, 0.05) is 0 Å². The van der Waals surface area contributed by atoms with Crippen LogP contribution in [0, 0.1) is 0 Å². The standard InChI is InChI=1S/C20H15N3O3/c24-19-21-23(16-7-3-1-4-8-16)20(25)22(19)15-11-13-18(14-12-15)26-17-9-5-2-6-10-17/h1-14H,(H,21,24). The van der Waals surface area contributed by atoms with Gasteiger partial charge in [0.25, 0.3) is 0 Å². The lowest BCUT2D eigenvalue weighted by molar-refractivity contribution is 0.482. The first-order valence-electron chi connectivity index (χ1n) is 8.05. The average molecular weight is 345 g/mol. The van der Waals surface area contributed by atoms with Crippen LogP contribution >= 0.6 is 0 Å². The normalized spacial score (nSPS) is 10.6. The Balaban J connectivity index is 1.67. The van der Waals surface area contributed by atoms with Gasteiger partial charge in [-0.2, -0.15) is 0 Å². The summed E-state index contributed by atoms with van der Waals surface area (Å²) in [7, 11) is 0. The fraction of sp³-hybridized carbons (Fsp3) is 0. The summed E-state index contributed by atoms with van der Waals surface area (Å²) in [6.45, 7) is 0. The molecular weight excluding hydrogens is 330 g/mol. The molecule has 4 aromatic rings. The number of H-pyrrole nitrogens is 1. The zero-order valence-electron chi connectivity index (χ0n) is 13.7. The molecule has 0 aliphatic rings. The van der Waals surface area contributed by atoms with Crippen LogP contribution in [0.1, 0.15) is 0 Å². The van der Waals surface area contributed by atoms with E-state index in [0.29, 0.717) is 22.9 Å². The number of ether oxygens (including phenoxy) is 1. The predicted molar refractivity (Wildman–Crippen MR) is 98.5 cm³/mol. The Morgan fingerprint density at radius 1 is 0.654 bits per heavy atom. The van der Waals surface area contributed by atoms with E-state index in [1.54, 1.807) is 48.5 Å². The summed E-state index contributed by atoms with van der Waals surface area (Å²) in [6, 6.07) is 25.1. The van der Waals surface area contributed by atoms with Gasteiger partial charge in [0.15, 0.2) is 0 Å². The minimum Gasteiger partial charge on any atom is -0.457 e. The first kappa shape index (κ1) is 15.7. The Hall–Kier alpha value is -3.80. The third-order valence-corrected chi connectivity index (χ3v) is 3.88. The quantitative estimate of drug-likeness (QED) is 0.618. The lowest BCUT2D eigenvalue weighted by Gasteiger charge is -2.06. The predicted octanol–water partition coefficient (Wildman–Crippen LogP) is 3.11. The van der Waals surface area contributed by atoms with Crippen LogP contribution in [0.2, 0.25) is 0 Å². The number of rotatable bonds is 4. The van der Waals surface area contributed by atoms with Gasteiger partial charge in [-0.3, -0.25) is 0 Å². The van der Waals surface area contributed by atoms with Crippen molar-refractivity contribution < 1.29 is 4.74 Å². The fourth-order valence-corrected chi connectivity index (χ4v) is 2.65. The molecule has 6 nitrogen and oxygen atoms in total. The van der Waals surface area contributed by atoms with Crippen LogP contribution in [0.4, 0.5) is 0 Å². The van der Waals surface area contributed by atoms with E-state index in [0.717, 1.165) is 4.57 Å². The molecule has 1 aromatic heterocycles. The molecule has 0 unspecified atom stereocenters. The molecule has 0 saturated heterocycles. The Kier molecular flexibility index (Phi) is 3.99. The Morgan fingerprint density at radius 2 is 1.23 bits per heavy atom. The Bertz CT molecular complexity index is 1120. The molecular formula is C20H15N3O3. The molecule has 1 heterocycles. The van der Waals surface area contributed by atoms with E-state index in [1.165, 1.54) is 4.68 Å². The van der Waals surface area contributed by atoms with Gasteiger partial charge in [-0.1, -0.05) is 36.4 Å². The summed E-state index contributed by atoms with van der Waals surface area (Å²) < 4.78 is 8.03. The van der Waals surface area contributed by atoms with E-state index in [-0.39, 0.29) is 0 Å². The number of nitrogens with one attached hydrogen (secondary N) is 1. The van der Waals surface area contributed by atoms with Crippen LogP contribution in [-0.2, 0) is 0 Å². The van der Waals surface area contributed by atoms with Gasteiger partial charge < -0.3 is 4.74 Å². The van der Waals surface area contributed by atoms with E-state index < -0.39 is 11.4 Å². The maximum Gasteiger partial charge on any atom is 0.356 e. The van der Waals surface area contributed by atoms with Gasteiger partial charge in [-0.05, 0) is 48.5 Å². The second-order valence-electron chi connectivity index (χ2n) is 5.61. The number of benzene rings is 3. The van der Waals surface area contributed by atoms with Crippen molar-refractivity contribution in [3.05, 3.63) is 106 Å². The lowest BCUT2D eigenvalue weighted by atomic mass is 10.3. The van der Waals surface area contributed by atoms with Gasteiger partial charge in [0.1, 0.15) is 11.5 Å². The maximum absolute atomic E-state index is 12.6. The van der Waals surface area contributed by atoms with E-state index >= 15 is 0 Å². The molecule has 0 atom stereocenters. The highest BCUT2D eigenvalue weighted by Gasteiger charge is 2.12. The summed E-state index contributed by atoms with van der Waals surface area (Å²) >= 11 is 0. The van der Waals surface area contributed by atoms with Crippen LogP contribution in [0.3, 0.4) is 0 Å². The van der Waals surface area contributed by atoms with Crippen molar-refractivity contribution in [1.29, 1.82) is 0 Å². The fourth-order valence-electron chi connectivity index (χ4n) is 2.65. The first-order chi connectivity index (χ1) is 12.7. The van der Waals surface area contributed by atoms with Crippen LogP contribution < -0.4 is 16.1 Å². The summed E-state index contributed by atoms with van der Waals surface area (Å²) in [4.78, 5) is 24.9. The van der Waals surface area contributed by atoms with Crippen molar-refractivity contribution in [2.24, 2.45) is 0 Å². The van der Waals surface area contributed by atoms with Gasteiger partial charge in [0.2, 0.25) is 0 Å². The number of aromatic nitrogens is 3. The maximum atomic E-state index is 12.6. The third-order valence-electron chi connectivity index (χ3n) is 3.88. The zero-order valence-corrected chi connectivity index (χ0v) is 13.7. The molecule has 1 N–H and O–H groups in total. The molecule has 0 spiro atoms. The molecule has 26 heavy (non-hydrogen) atoms. The highest BCUT2D eigenvalue weighted by atomic mass is 16.5. The van der Waals surface area contributed by atoms with Crippen molar-refractivity contribution in [1.82, 2.24) is 14.3 Å². The third kappa shape index (κ3) is 2.95. The number of aromatic amines is 1. The SMILES string of the molecule is O=c1[nH]n(-c2ccccc2)c(=O)n1-c1ccc(Oc2ccccc2)cc1. The zero-order chi connectivity index (χ0) is 17.9. The second-order valence-corrected chi connectivity index (χ2v) is 5.61. The van der Waals surface area contributed by atoms with Gasteiger partial charge in [-0.15, -0.1) is 0 Å². The number of hydrogen-bond donors (Lipinski definition) is 1. The van der Waals surface area contributed by atoms with Crippen molar-refractivity contribution in [2.75, 3.05) is 0 Å². The van der Waals surface area contributed by atoms with Gasteiger partial charge >= 0.3 is 11.4 Å². The summed E-state index contributed by atoms with van der Waals surface area (Å²) in [5, 5.41) is 2.56. The van der Waals surface area contributed by atoms with Crippen LogP contribution in [0.25, 0.3) is 11.4 Å². The van der Waals surface area contributed by atoms with Crippen molar-refractivity contribution in [3.8, 4) is 22.9 Å². The molecule has 0 fully saturated rings. The molecule has 6 heteroatoms. The monoisotopic (exact) mass is 345 g/mol. The molecule has 0 aliphatic heterocycles. The lowest BCUT2D eigenvalue weighted by Crippen LogP contribution is -2.26. The molecule has 0 aliphatic carbocycles. The minimum absolute atomic E-state index is 0.460. The molecule has 4 rings (SSSR count). The molecule has 0 bridgehead atoms. The van der Waals surface area contributed by atoms with Crippen LogP contribution in [-0.4, -0.2) is 14.3 Å². The number of para-hydroxylation sites is 2. The smallest absolute Gasteiger partial charge is 0.356 e. The van der Waals surface area contributed by atoms with Gasteiger partial charge in [0.05, 0.1) is 11.4 Å². The number of nitrogens with zero attached hydrogens (tertiary/aromatic N) is 2. The summed E-state index contributed by atoms with van der Waals surface area (Å²) in [6.07, 6.45) is 0. The average Bonchev–Trinajstić information content (AvgIpc) is 2.98. The molecule has 128 valence electrons. The van der Waals surface area contributed by atoms with Gasteiger partial charge in [-0.25, -0.2) is 23.9 Å². The largest absolute Gasteiger partial charge is 0.457 e. The van der Waals surface area contributed by atoms with Crippen LogP contribution in [0.5, 0.6) is 11.5 Å². The van der Waals surface area contributed by atoms with E-state index in [2.05, 4.69) is 5.10 Å².